The van der Waals surface area contributed by atoms with Crippen LogP contribution in [0.15, 0.2) is 59.1 Å². The molecule has 0 aliphatic rings. The Labute approximate surface area is 191 Å². The Kier molecular flexibility index (Phi) is 8.80. The van der Waals surface area contributed by atoms with Crippen molar-refractivity contribution in [3.05, 3.63) is 70.2 Å². The van der Waals surface area contributed by atoms with Crippen LogP contribution in [0, 0.1) is 0 Å². The largest absolute Gasteiger partial charge is 0.458 e. The zero-order chi connectivity index (χ0) is 23.0. The van der Waals surface area contributed by atoms with Gasteiger partial charge in [-0.05, 0) is 51.0 Å². The number of hydrogen-bond donors (Lipinski definition) is 2. The molecule has 0 heterocycles. The van der Waals surface area contributed by atoms with Crippen LogP contribution in [0.5, 0.6) is 0 Å². The minimum atomic E-state index is -0.862. The molecule has 2 aromatic rings. The molecule has 2 aromatic carbocycles. The third kappa shape index (κ3) is 8.92. The van der Waals surface area contributed by atoms with E-state index in [4.69, 9.17) is 4.74 Å². The van der Waals surface area contributed by atoms with Gasteiger partial charge in [-0.1, -0.05) is 58.4 Å². The summed E-state index contributed by atoms with van der Waals surface area (Å²) in [4.78, 5) is 37.7. The number of rotatable bonds is 8. The summed E-state index contributed by atoms with van der Waals surface area (Å²) < 4.78 is 6.36. The predicted molar refractivity (Wildman–Crippen MR) is 123 cm³/mol. The van der Waals surface area contributed by atoms with Crippen LogP contribution in [0.1, 0.15) is 38.8 Å². The summed E-state index contributed by atoms with van der Waals surface area (Å²) in [5.41, 5.74) is 1.04. The van der Waals surface area contributed by atoms with Crippen LogP contribution < -0.4 is 10.6 Å². The maximum atomic E-state index is 12.7. The number of benzene rings is 2. The number of carbonyl (C=O) groups excluding carboxylic acids is 3. The van der Waals surface area contributed by atoms with Gasteiger partial charge in [0.05, 0.1) is 6.42 Å². The summed E-state index contributed by atoms with van der Waals surface area (Å²) in [6.45, 7) is 6.91. The van der Waals surface area contributed by atoms with Crippen LogP contribution in [0.2, 0.25) is 0 Å². The molecule has 0 saturated heterocycles. The summed E-state index contributed by atoms with van der Waals surface area (Å²) in [6, 6.07) is 15.1. The van der Waals surface area contributed by atoms with Gasteiger partial charge in [0.1, 0.15) is 17.7 Å². The SMILES string of the molecule is C[C@H](NC(=O)Cc1cccc(Br)c1)C(=O)N[C@@H](Cc1ccccc1)C(=O)OC(C)(C)C. The number of carbonyl (C=O) groups is 3. The zero-order valence-corrected chi connectivity index (χ0v) is 19.9. The van der Waals surface area contributed by atoms with Crippen LogP contribution in [0.25, 0.3) is 0 Å². The number of hydrogen-bond acceptors (Lipinski definition) is 4. The van der Waals surface area contributed by atoms with Crippen molar-refractivity contribution in [2.24, 2.45) is 0 Å². The smallest absolute Gasteiger partial charge is 0.329 e. The van der Waals surface area contributed by atoms with Gasteiger partial charge in [0.25, 0.3) is 0 Å². The van der Waals surface area contributed by atoms with E-state index in [1.54, 1.807) is 27.7 Å². The molecule has 0 bridgehead atoms. The topological polar surface area (TPSA) is 84.5 Å². The van der Waals surface area contributed by atoms with Crippen LogP contribution in [0.3, 0.4) is 0 Å². The molecule has 2 rings (SSSR count). The standard InChI is InChI=1S/C24H29BrN2O4/c1-16(26-21(28)15-18-11-8-12-19(25)13-18)22(29)27-20(23(30)31-24(2,3)4)14-17-9-6-5-7-10-17/h5-13,16,20H,14-15H2,1-4H3,(H,26,28)(H,27,29)/t16-,20-/m0/s1. The van der Waals surface area contributed by atoms with E-state index in [2.05, 4.69) is 26.6 Å². The number of esters is 1. The first-order valence-electron chi connectivity index (χ1n) is 10.1. The average Bonchev–Trinajstić information content (AvgIpc) is 2.66. The third-order valence-electron chi connectivity index (χ3n) is 4.31. The molecular formula is C24H29BrN2O4. The molecule has 0 spiro atoms. The monoisotopic (exact) mass is 488 g/mol. The maximum absolute atomic E-state index is 12.7. The first-order valence-corrected chi connectivity index (χ1v) is 10.9. The van der Waals surface area contributed by atoms with Crippen molar-refractivity contribution in [1.82, 2.24) is 10.6 Å². The van der Waals surface area contributed by atoms with E-state index < -0.39 is 29.6 Å². The second-order valence-electron chi connectivity index (χ2n) is 8.38. The summed E-state index contributed by atoms with van der Waals surface area (Å²) in [7, 11) is 0. The van der Waals surface area contributed by atoms with E-state index in [-0.39, 0.29) is 12.3 Å². The highest BCUT2D eigenvalue weighted by atomic mass is 79.9. The minimum Gasteiger partial charge on any atom is -0.458 e. The summed E-state index contributed by atoms with van der Waals surface area (Å²) in [5, 5.41) is 5.42. The van der Waals surface area contributed by atoms with E-state index in [9.17, 15) is 14.4 Å². The van der Waals surface area contributed by atoms with Crippen molar-refractivity contribution in [2.75, 3.05) is 0 Å². The Bertz CT molecular complexity index is 909. The van der Waals surface area contributed by atoms with Crippen LogP contribution in [-0.2, 0) is 32.0 Å². The van der Waals surface area contributed by atoms with Crippen molar-refractivity contribution in [3.8, 4) is 0 Å². The molecular weight excluding hydrogens is 460 g/mol. The van der Waals surface area contributed by atoms with Gasteiger partial charge >= 0.3 is 5.97 Å². The second-order valence-corrected chi connectivity index (χ2v) is 9.30. The zero-order valence-electron chi connectivity index (χ0n) is 18.3. The molecule has 0 saturated carbocycles. The number of ether oxygens (including phenoxy) is 1. The van der Waals surface area contributed by atoms with Gasteiger partial charge in [-0.25, -0.2) is 4.79 Å². The minimum absolute atomic E-state index is 0.149. The molecule has 166 valence electrons. The van der Waals surface area contributed by atoms with E-state index >= 15 is 0 Å². The van der Waals surface area contributed by atoms with Crippen molar-refractivity contribution in [1.29, 1.82) is 0 Å². The van der Waals surface area contributed by atoms with Crippen LogP contribution >= 0.6 is 15.9 Å². The molecule has 2 N–H and O–H groups in total. The van der Waals surface area contributed by atoms with E-state index in [0.717, 1.165) is 15.6 Å². The molecule has 0 aromatic heterocycles. The molecule has 2 amide bonds. The van der Waals surface area contributed by atoms with E-state index in [0.29, 0.717) is 6.42 Å². The number of nitrogens with one attached hydrogen (secondary N) is 2. The third-order valence-corrected chi connectivity index (χ3v) is 4.81. The Morgan fingerprint density at radius 1 is 0.968 bits per heavy atom. The molecule has 2 atom stereocenters. The first kappa shape index (κ1) is 24.6. The molecule has 31 heavy (non-hydrogen) atoms. The van der Waals surface area contributed by atoms with Gasteiger partial charge in [-0.15, -0.1) is 0 Å². The lowest BCUT2D eigenvalue weighted by atomic mass is 10.0. The normalized spacial score (nSPS) is 13.1. The van der Waals surface area contributed by atoms with Gasteiger partial charge in [0.15, 0.2) is 0 Å². The van der Waals surface area contributed by atoms with Gasteiger partial charge in [0.2, 0.25) is 11.8 Å². The van der Waals surface area contributed by atoms with Gasteiger partial charge in [0, 0.05) is 10.9 Å². The molecule has 0 fully saturated rings. The predicted octanol–water partition coefficient (Wildman–Crippen LogP) is 3.57. The fourth-order valence-electron chi connectivity index (χ4n) is 2.90. The highest BCUT2D eigenvalue weighted by molar-refractivity contribution is 9.10. The molecule has 0 aliphatic heterocycles. The Balaban J connectivity index is 2.01. The van der Waals surface area contributed by atoms with Gasteiger partial charge < -0.3 is 15.4 Å². The van der Waals surface area contributed by atoms with Crippen LogP contribution in [-0.4, -0.2) is 35.5 Å². The number of halogens is 1. The summed E-state index contributed by atoms with van der Waals surface area (Å²) in [6.07, 6.45) is 0.441. The molecule has 0 radical (unpaired) electrons. The molecule has 0 aliphatic carbocycles. The average molecular weight is 489 g/mol. The quantitative estimate of drug-likeness (QED) is 0.556. The maximum Gasteiger partial charge on any atom is 0.329 e. The molecule has 0 unspecified atom stereocenters. The lowest BCUT2D eigenvalue weighted by molar-refractivity contribution is -0.158. The Morgan fingerprint density at radius 2 is 1.61 bits per heavy atom. The van der Waals surface area contributed by atoms with Gasteiger partial charge in [-0.2, -0.15) is 0 Å². The Hall–Kier alpha value is -2.67. The molecule has 6 nitrogen and oxygen atoms in total. The lowest BCUT2D eigenvalue weighted by Crippen LogP contribution is -2.52. The fraction of sp³-hybridized carbons (Fsp3) is 0.375. The number of amides is 2. The van der Waals surface area contributed by atoms with Crippen molar-refractivity contribution >= 4 is 33.7 Å². The lowest BCUT2D eigenvalue weighted by Gasteiger charge is -2.25. The van der Waals surface area contributed by atoms with Crippen molar-refractivity contribution in [3.63, 3.8) is 0 Å². The van der Waals surface area contributed by atoms with Crippen molar-refractivity contribution < 1.29 is 19.1 Å². The van der Waals surface area contributed by atoms with E-state index in [1.165, 1.54) is 0 Å². The second kappa shape index (κ2) is 11.1. The van der Waals surface area contributed by atoms with E-state index in [1.807, 2.05) is 54.6 Å². The first-order chi connectivity index (χ1) is 14.5. The van der Waals surface area contributed by atoms with Crippen molar-refractivity contribution in [2.45, 2.75) is 58.2 Å². The fourth-order valence-corrected chi connectivity index (χ4v) is 3.35. The summed E-state index contributed by atoms with van der Waals surface area (Å²) >= 11 is 3.37. The molecule has 7 heteroatoms. The summed E-state index contributed by atoms with van der Waals surface area (Å²) in [5.74, 6) is -1.25. The Morgan fingerprint density at radius 3 is 2.23 bits per heavy atom. The van der Waals surface area contributed by atoms with Gasteiger partial charge in [-0.3, -0.25) is 9.59 Å². The highest BCUT2D eigenvalue weighted by Crippen LogP contribution is 2.13. The van der Waals surface area contributed by atoms with Crippen LogP contribution in [0.4, 0.5) is 0 Å². The highest BCUT2D eigenvalue weighted by Gasteiger charge is 2.28.